The van der Waals surface area contributed by atoms with E-state index in [1.54, 1.807) is 0 Å². The molecule has 106 valence electrons. The summed E-state index contributed by atoms with van der Waals surface area (Å²) >= 11 is 0. The summed E-state index contributed by atoms with van der Waals surface area (Å²) in [6.07, 6.45) is 6.04. The SMILES string of the molecule is Cc1ncc2ccc(C3CCC4(CC3)OCCO4)n2n1. The van der Waals surface area contributed by atoms with Gasteiger partial charge in [0, 0.05) is 24.5 Å². The smallest absolute Gasteiger partial charge is 0.168 e. The van der Waals surface area contributed by atoms with Crippen molar-refractivity contribution < 1.29 is 9.47 Å². The molecular weight excluding hydrogens is 254 g/mol. The third-order valence-electron chi connectivity index (χ3n) is 4.52. The molecule has 2 aromatic heterocycles. The average molecular weight is 273 g/mol. The van der Waals surface area contributed by atoms with Gasteiger partial charge in [-0.2, -0.15) is 5.10 Å². The van der Waals surface area contributed by atoms with E-state index in [-0.39, 0.29) is 5.79 Å². The highest BCUT2D eigenvalue weighted by Gasteiger charge is 2.41. The van der Waals surface area contributed by atoms with Gasteiger partial charge in [0.05, 0.1) is 24.9 Å². The van der Waals surface area contributed by atoms with E-state index >= 15 is 0 Å². The van der Waals surface area contributed by atoms with Gasteiger partial charge < -0.3 is 9.47 Å². The Labute approximate surface area is 117 Å². The maximum absolute atomic E-state index is 5.80. The molecule has 5 nitrogen and oxygen atoms in total. The standard InChI is InChI=1S/C15H19N3O2/c1-11-16-10-13-2-3-14(18(13)17-11)12-4-6-15(7-5-12)19-8-9-20-15/h2-3,10,12H,4-9H2,1H3. The summed E-state index contributed by atoms with van der Waals surface area (Å²) in [6, 6.07) is 4.28. The molecule has 1 saturated carbocycles. The molecule has 2 fully saturated rings. The molecular formula is C15H19N3O2. The fourth-order valence-corrected chi connectivity index (χ4v) is 3.45. The Kier molecular flexibility index (Phi) is 2.79. The van der Waals surface area contributed by atoms with Gasteiger partial charge >= 0.3 is 0 Å². The molecule has 1 aliphatic carbocycles. The van der Waals surface area contributed by atoms with Crippen molar-refractivity contribution in [3.8, 4) is 0 Å². The molecule has 1 spiro atoms. The highest BCUT2D eigenvalue weighted by Crippen LogP contribution is 2.42. The lowest BCUT2D eigenvalue weighted by atomic mass is 9.83. The van der Waals surface area contributed by atoms with Crippen LogP contribution in [0.4, 0.5) is 0 Å². The minimum absolute atomic E-state index is 0.283. The molecule has 0 N–H and O–H groups in total. The lowest BCUT2D eigenvalue weighted by Crippen LogP contribution is -2.34. The summed E-state index contributed by atoms with van der Waals surface area (Å²) in [5.74, 6) is 1.06. The highest BCUT2D eigenvalue weighted by molar-refractivity contribution is 5.46. The number of aryl methyl sites for hydroxylation is 1. The van der Waals surface area contributed by atoms with Gasteiger partial charge in [0.1, 0.15) is 5.82 Å². The molecule has 20 heavy (non-hydrogen) atoms. The first kappa shape index (κ1) is 12.3. The minimum Gasteiger partial charge on any atom is -0.348 e. The summed E-state index contributed by atoms with van der Waals surface area (Å²) in [6.45, 7) is 3.41. The van der Waals surface area contributed by atoms with Gasteiger partial charge in [-0.05, 0) is 31.9 Å². The molecule has 2 aromatic rings. The second kappa shape index (κ2) is 4.53. The van der Waals surface area contributed by atoms with Crippen molar-refractivity contribution >= 4 is 5.52 Å². The van der Waals surface area contributed by atoms with Crippen LogP contribution in [0.3, 0.4) is 0 Å². The monoisotopic (exact) mass is 273 g/mol. The molecule has 4 rings (SSSR count). The number of rotatable bonds is 1. The van der Waals surface area contributed by atoms with Crippen molar-refractivity contribution in [1.29, 1.82) is 0 Å². The molecule has 0 bridgehead atoms. The predicted octanol–water partition coefficient (Wildman–Crippen LogP) is 2.44. The summed E-state index contributed by atoms with van der Waals surface area (Å²) in [4.78, 5) is 4.25. The Bertz CT molecular complexity index is 621. The zero-order valence-corrected chi connectivity index (χ0v) is 11.7. The van der Waals surface area contributed by atoms with Crippen molar-refractivity contribution in [2.45, 2.75) is 44.3 Å². The Hall–Kier alpha value is -1.46. The van der Waals surface area contributed by atoms with Crippen molar-refractivity contribution in [1.82, 2.24) is 14.6 Å². The lowest BCUT2D eigenvalue weighted by Gasteiger charge is -2.35. The fourth-order valence-electron chi connectivity index (χ4n) is 3.45. The number of nitrogens with zero attached hydrogens (tertiary/aromatic N) is 3. The predicted molar refractivity (Wildman–Crippen MR) is 73.6 cm³/mol. The van der Waals surface area contributed by atoms with Gasteiger partial charge in [0.25, 0.3) is 0 Å². The number of hydrogen-bond donors (Lipinski definition) is 0. The Morgan fingerprint density at radius 3 is 2.70 bits per heavy atom. The number of ether oxygens (including phenoxy) is 2. The van der Waals surface area contributed by atoms with E-state index in [9.17, 15) is 0 Å². The molecule has 1 aliphatic heterocycles. The largest absolute Gasteiger partial charge is 0.348 e. The first-order chi connectivity index (χ1) is 9.76. The zero-order valence-electron chi connectivity index (χ0n) is 11.7. The van der Waals surface area contributed by atoms with Crippen LogP contribution in [0.5, 0.6) is 0 Å². The number of hydrogen-bond acceptors (Lipinski definition) is 4. The van der Waals surface area contributed by atoms with Crippen LogP contribution in [0.15, 0.2) is 18.3 Å². The topological polar surface area (TPSA) is 48.7 Å². The van der Waals surface area contributed by atoms with Crippen LogP contribution < -0.4 is 0 Å². The van der Waals surface area contributed by atoms with E-state index in [4.69, 9.17) is 9.47 Å². The Balaban J connectivity index is 1.60. The molecule has 0 radical (unpaired) electrons. The van der Waals surface area contributed by atoms with Crippen LogP contribution in [-0.4, -0.2) is 33.6 Å². The van der Waals surface area contributed by atoms with E-state index in [1.807, 2.05) is 17.6 Å². The molecule has 0 unspecified atom stereocenters. The molecule has 3 heterocycles. The van der Waals surface area contributed by atoms with Gasteiger partial charge in [0.15, 0.2) is 5.79 Å². The maximum atomic E-state index is 5.80. The minimum atomic E-state index is -0.283. The van der Waals surface area contributed by atoms with Crippen molar-refractivity contribution in [3.63, 3.8) is 0 Å². The van der Waals surface area contributed by atoms with Gasteiger partial charge in [-0.1, -0.05) is 0 Å². The molecule has 5 heteroatoms. The molecule has 0 amide bonds. The highest BCUT2D eigenvalue weighted by atomic mass is 16.7. The van der Waals surface area contributed by atoms with E-state index in [0.717, 1.165) is 50.2 Å². The van der Waals surface area contributed by atoms with Crippen molar-refractivity contribution in [2.24, 2.45) is 0 Å². The van der Waals surface area contributed by atoms with Crippen LogP contribution in [-0.2, 0) is 9.47 Å². The molecule has 2 aliphatic rings. The first-order valence-electron chi connectivity index (χ1n) is 7.35. The van der Waals surface area contributed by atoms with Gasteiger partial charge in [0.2, 0.25) is 0 Å². The van der Waals surface area contributed by atoms with Crippen molar-refractivity contribution in [2.75, 3.05) is 13.2 Å². The van der Waals surface area contributed by atoms with E-state index in [1.165, 1.54) is 5.69 Å². The van der Waals surface area contributed by atoms with Crippen LogP contribution >= 0.6 is 0 Å². The summed E-state index contributed by atoms with van der Waals surface area (Å²) in [7, 11) is 0. The van der Waals surface area contributed by atoms with E-state index < -0.39 is 0 Å². The summed E-state index contributed by atoms with van der Waals surface area (Å²) in [5.41, 5.74) is 2.36. The normalized spacial score (nSPS) is 22.9. The second-order valence-corrected chi connectivity index (χ2v) is 5.78. The average Bonchev–Trinajstić information content (AvgIpc) is 3.07. The number of fused-ring (bicyclic) bond motifs is 1. The van der Waals surface area contributed by atoms with Gasteiger partial charge in [-0.25, -0.2) is 9.50 Å². The Morgan fingerprint density at radius 1 is 1.20 bits per heavy atom. The van der Waals surface area contributed by atoms with Crippen molar-refractivity contribution in [3.05, 3.63) is 29.8 Å². The van der Waals surface area contributed by atoms with Gasteiger partial charge in [-0.15, -0.1) is 0 Å². The second-order valence-electron chi connectivity index (χ2n) is 5.78. The quantitative estimate of drug-likeness (QED) is 0.800. The van der Waals surface area contributed by atoms with Crippen LogP contribution in [0.1, 0.15) is 43.1 Å². The number of aromatic nitrogens is 3. The Morgan fingerprint density at radius 2 is 1.95 bits per heavy atom. The summed E-state index contributed by atoms with van der Waals surface area (Å²) < 4.78 is 13.6. The lowest BCUT2D eigenvalue weighted by molar-refractivity contribution is -0.179. The fraction of sp³-hybridized carbons (Fsp3) is 0.600. The van der Waals surface area contributed by atoms with Crippen LogP contribution in [0.25, 0.3) is 5.52 Å². The third kappa shape index (κ3) is 1.93. The zero-order chi connectivity index (χ0) is 13.6. The maximum Gasteiger partial charge on any atom is 0.168 e. The van der Waals surface area contributed by atoms with Crippen LogP contribution in [0.2, 0.25) is 0 Å². The van der Waals surface area contributed by atoms with E-state index in [0.29, 0.717) is 5.92 Å². The molecule has 0 atom stereocenters. The molecule has 0 aromatic carbocycles. The first-order valence-corrected chi connectivity index (χ1v) is 7.35. The molecule has 1 saturated heterocycles. The summed E-state index contributed by atoms with van der Waals surface area (Å²) in [5, 5.41) is 4.54. The van der Waals surface area contributed by atoms with Gasteiger partial charge in [-0.3, -0.25) is 0 Å². The van der Waals surface area contributed by atoms with E-state index in [2.05, 4.69) is 22.2 Å². The van der Waals surface area contributed by atoms with Crippen LogP contribution in [0, 0.1) is 6.92 Å². The third-order valence-corrected chi connectivity index (χ3v) is 4.52.